The number of benzene rings is 2. The topological polar surface area (TPSA) is 20.2 Å². The van der Waals surface area contributed by atoms with Crippen LogP contribution in [0.4, 0.5) is 0 Å². The van der Waals surface area contributed by atoms with Crippen LogP contribution >= 0.6 is 0 Å². The SMILES string of the molecule is CC(C)(Cc1ccccc1)c1ccc(O)cc1. The summed E-state index contributed by atoms with van der Waals surface area (Å²) in [6.45, 7) is 4.46. The second-order valence-corrected chi connectivity index (χ2v) is 5.09. The third-order valence-electron chi connectivity index (χ3n) is 3.14. The molecule has 1 heteroatoms. The lowest BCUT2D eigenvalue weighted by molar-refractivity contribution is 0.472. The molecular weight excluding hydrogens is 208 g/mol. The molecule has 0 aliphatic heterocycles. The molecule has 1 N–H and O–H groups in total. The van der Waals surface area contributed by atoms with E-state index in [0.717, 1.165) is 6.42 Å². The highest BCUT2D eigenvalue weighted by atomic mass is 16.3. The standard InChI is InChI=1S/C16H18O/c1-16(2,12-13-6-4-3-5-7-13)14-8-10-15(17)11-9-14/h3-11,17H,12H2,1-2H3. The van der Waals surface area contributed by atoms with Gasteiger partial charge in [-0.3, -0.25) is 0 Å². The summed E-state index contributed by atoms with van der Waals surface area (Å²) in [4.78, 5) is 0. The molecule has 0 saturated heterocycles. The fourth-order valence-electron chi connectivity index (χ4n) is 2.12. The first kappa shape index (κ1) is 11.7. The average molecular weight is 226 g/mol. The number of phenols is 1. The van der Waals surface area contributed by atoms with Crippen molar-refractivity contribution < 1.29 is 5.11 Å². The van der Waals surface area contributed by atoms with E-state index in [2.05, 4.69) is 38.1 Å². The molecule has 2 aromatic carbocycles. The highest BCUT2D eigenvalue weighted by molar-refractivity contribution is 5.32. The molecule has 0 fully saturated rings. The van der Waals surface area contributed by atoms with Crippen LogP contribution in [0.15, 0.2) is 54.6 Å². The van der Waals surface area contributed by atoms with Crippen molar-refractivity contribution >= 4 is 0 Å². The summed E-state index contributed by atoms with van der Waals surface area (Å²) in [6.07, 6.45) is 0.999. The van der Waals surface area contributed by atoms with Gasteiger partial charge in [0.1, 0.15) is 5.75 Å². The molecule has 0 spiro atoms. The van der Waals surface area contributed by atoms with Crippen LogP contribution in [0.2, 0.25) is 0 Å². The summed E-state index contributed by atoms with van der Waals surface area (Å²) < 4.78 is 0. The average Bonchev–Trinajstić information content (AvgIpc) is 2.30. The number of hydrogen-bond acceptors (Lipinski definition) is 1. The molecule has 0 bridgehead atoms. The minimum absolute atomic E-state index is 0.0784. The number of phenolic OH excluding ortho intramolecular Hbond substituents is 1. The van der Waals surface area contributed by atoms with E-state index in [1.54, 1.807) is 12.1 Å². The lowest BCUT2D eigenvalue weighted by Gasteiger charge is -2.25. The van der Waals surface area contributed by atoms with Gasteiger partial charge in [0.25, 0.3) is 0 Å². The second kappa shape index (κ2) is 4.62. The predicted molar refractivity (Wildman–Crippen MR) is 71.3 cm³/mol. The van der Waals surface area contributed by atoms with Gasteiger partial charge < -0.3 is 5.11 Å². The predicted octanol–water partition coefficient (Wildman–Crippen LogP) is 3.91. The molecule has 0 heterocycles. The van der Waals surface area contributed by atoms with E-state index in [9.17, 15) is 5.11 Å². The van der Waals surface area contributed by atoms with E-state index in [1.165, 1.54) is 11.1 Å². The van der Waals surface area contributed by atoms with E-state index >= 15 is 0 Å². The third-order valence-corrected chi connectivity index (χ3v) is 3.14. The van der Waals surface area contributed by atoms with E-state index in [4.69, 9.17) is 0 Å². The van der Waals surface area contributed by atoms with Gasteiger partial charge in [0, 0.05) is 0 Å². The highest BCUT2D eigenvalue weighted by Gasteiger charge is 2.20. The molecule has 0 aliphatic rings. The van der Waals surface area contributed by atoms with Crippen LogP contribution in [0, 0.1) is 0 Å². The molecule has 1 nitrogen and oxygen atoms in total. The van der Waals surface area contributed by atoms with Gasteiger partial charge in [0.15, 0.2) is 0 Å². The van der Waals surface area contributed by atoms with Crippen LogP contribution in [0.1, 0.15) is 25.0 Å². The summed E-state index contributed by atoms with van der Waals surface area (Å²) >= 11 is 0. The maximum atomic E-state index is 9.31. The van der Waals surface area contributed by atoms with Crippen molar-refractivity contribution in [1.29, 1.82) is 0 Å². The first-order valence-corrected chi connectivity index (χ1v) is 5.91. The van der Waals surface area contributed by atoms with Crippen LogP contribution in [-0.2, 0) is 11.8 Å². The Kier molecular flexibility index (Phi) is 3.19. The highest BCUT2D eigenvalue weighted by Crippen LogP contribution is 2.28. The fraction of sp³-hybridized carbons (Fsp3) is 0.250. The minimum atomic E-state index is 0.0784. The lowest BCUT2D eigenvalue weighted by Crippen LogP contribution is -2.20. The van der Waals surface area contributed by atoms with Crippen LogP contribution in [0.25, 0.3) is 0 Å². The second-order valence-electron chi connectivity index (χ2n) is 5.09. The summed E-state index contributed by atoms with van der Waals surface area (Å²) in [5, 5.41) is 9.31. The monoisotopic (exact) mass is 226 g/mol. The largest absolute Gasteiger partial charge is 0.508 e. The van der Waals surface area contributed by atoms with Gasteiger partial charge in [0.05, 0.1) is 0 Å². The zero-order chi connectivity index (χ0) is 12.3. The zero-order valence-electron chi connectivity index (χ0n) is 10.4. The smallest absolute Gasteiger partial charge is 0.115 e. The molecule has 0 aliphatic carbocycles. The molecule has 0 amide bonds. The molecule has 0 atom stereocenters. The minimum Gasteiger partial charge on any atom is -0.508 e. The van der Waals surface area contributed by atoms with Crippen LogP contribution < -0.4 is 0 Å². The molecule has 0 radical (unpaired) electrons. The Morgan fingerprint density at radius 2 is 1.47 bits per heavy atom. The number of rotatable bonds is 3. The van der Waals surface area contributed by atoms with Crippen LogP contribution in [0.3, 0.4) is 0 Å². The quantitative estimate of drug-likeness (QED) is 0.841. The Bertz CT molecular complexity index is 469. The Morgan fingerprint density at radius 1 is 0.882 bits per heavy atom. The van der Waals surface area contributed by atoms with Crippen molar-refractivity contribution in [2.45, 2.75) is 25.7 Å². The van der Waals surface area contributed by atoms with E-state index in [-0.39, 0.29) is 5.41 Å². The Morgan fingerprint density at radius 3 is 2.06 bits per heavy atom. The Labute approximate surface area is 103 Å². The third kappa shape index (κ3) is 2.88. The summed E-state index contributed by atoms with van der Waals surface area (Å²) in [5.41, 5.74) is 2.67. The van der Waals surface area contributed by atoms with E-state index in [0.29, 0.717) is 5.75 Å². The summed E-state index contributed by atoms with van der Waals surface area (Å²) in [7, 11) is 0. The molecule has 88 valence electrons. The van der Waals surface area contributed by atoms with Crippen molar-refractivity contribution in [3.63, 3.8) is 0 Å². The maximum Gasteiger partial charge on any atom is 0.115 e. The molecule has 0 saturated carbocycles. The maximum absolute atomic E-state index is 9.31. The first-order valence-electron chi connectivity index (χ1n) is 5.91. The molecule has 2 rings (SSSR count). The number of aromatic hydroxyl groups is 1. The lowest BCUT2D eigenvalue weighted by atomic mass is 9.79. The zero-order valence-corrected chi connectivity index (χ0v) is 10.4. The van der Waals surface area contributed by atoms with Gasteiger partial charge in [-0.05, 0) is 35.1 Å². The molecule has 17 heavy (non-hydrogen) atoms. The summed E-state index contributed by atoms with van der Waals surface area (Å²) in [5.74, 6) is 0.323. The van der Waals surface area contributed by atoms with Crippen molar-refractivity contribution in [3.8, 4) is 5.75 Å². The molecule has 2 aromatic rings. The van der Waals surface area contributed by atoms with Crippen LogP contribution in [0.5, 0.6) is 5.75 Å². The van der Waals surface area contributed by atoms with Gasteiger partial charge in [-0.25, -0.2) is 0 Å². The summed E-state index contributed by atoms with van der Waals surface area (Å²) in [6, 6.07) is 18.0. The van der Waals surface area contributed by atoms with Gasteiger partial charge in [-0.15, -0.1) is 0 Å². The van der Waals surface area contributed by atoms with Crippen molar-refractivity contribution in [2.75, 3.05) is 0 Å². The van der Waals surface area contributed by atoms with Crippen LogP contribution in [-0.4, -0.2) is 5.11 Å². The normalized spacial score (nSPS) is 11.4. The van der Waals surface area contributed by atoms with Gasteiger partial charge in [0.2, 0.25) is 0 Å². The number of hydrogen-bond donors (Lipinski definition) is 1. The van der Waals surface area contributed by atoms with Gasteiger partial charge in [-0.2, -0.15) is 0 Å². The molecular formula is C16H18O. The van der Waals surface area contributed by atoms with Gasteiger partial charge in [-0.1, -0.05) is 56.3 Å². The van der Waals surface area contributed by atoms with E-state index < -0.39 is 0 Å². The Balaban J connectivity index is 2.21. The van der Waals surface area contributed by atoms with Crippen molar-refractivity contribution in [2.24, 2.45) is 0 Å². The molecule has 0 aromatic heterocycles. The Hall–Kier alpha value is -1.76. The van der Waals surface area contributed by atoms with Gasteiger partial charge >= 0.3 is 0 Å². The fourth-order valence-corrected chi connectivity index (χ4v) is 2.12. The van der Waals surface area contributed by atoms with E-state index in [1.807, 2.05) is 18.2 Å². The first-order chi connectivity index (χ1) is 8.08. The van der Waals surface area contributed by atoms with Crippen molar-refractivity contribution in [1.82, 2.24) is 0 Å². The van der Waals surface area contributed by atoms with Crippen molar-refractivity contribution in [3.05, 3.63) is 65.7 Å². The molecule has 0 unspecified atom stereocenters.